The van der Waals surface area contributed by atoms with Gasteiger partial charge in [0.25, 0.3) is 0 Å². The Bertz CT molecular complexity index is 292. The maximum Gasteiger partial charge on any atom is 0.135 e. The number of halogens is 1. The summed E-state index contributed by atoms with van der Waals surface area (Å²) in [7, 11) is 1.47. The molecule has 0 radical (unpaired) electrons. The second-order valence-corrected chi connectivity index (χ2v) is 3.06. The molecule has 0 aromatic heterocycles. The number of hydrogen-bond donors (Lipinski definition) is 1. The Balaban J connectivity index is 2.83. The van der Waals surface area contributed by atoms with E-state index in [4.69, 9.17) is 16.3 Å². The van der Waals surface area contributed by atoms with Crippen molar-refractivity contribution < 1.29 is 9.84 Å². The van der Waals surface area contributed by atoms with E-state index < -0.39 is 6.10 Å². The Kier molecular flexibility index (Phi) is 3.34. The van der Waals surface area contributed by atoms with Gasteiger partial charge >= 0.3 is 0 Å². The third-order valence-corrected chi connectivity index (χ3v) is 2.00. The van der Waals surface area contributed by atoms with E-state index in [9.17, 15) is 5.11 Å². The summed E-state index contributed by atoms with van der Waals surface area (Å²) in [6, 6.07) is 6.89. The van der Waals surface area contributed by atoms with Crippen molar-refractivity contribution in [2.45, 2.75) is 6.10 Å². The van der Waals surface area contributed by atoms with Crippen LogP contribution in [0.4, 0.5) is 0 Å². The molecule has 0 aliphatic heterocycles. The van der Waals surface area contributed by atoms with Gasteiger partial charge in [-0.25, -0.2) is 0 Å². The second kappa shape index (κ2) is 4.30. The summed E-state index contributed by atoms with van der Waals surface area (Å²) < 4.78 is 4.82. The number of aliphatic hydroxyl groups excluding tert-OH is 1. The molecule has 0 saturated heterocycles. The highest BCUT2D eigenvalue weighted by atomic mass is 35.5. The zero-order chi connectivity index (χ0) is 9.84. The number of methoxy groups -OCH3 is 1. The quantitative estimate of drug-likeness (QED) is 0.757. The van der Waals surface area contributed by atoms with Crippen molar-refractivity contribution in [2.75, 3.05) is 7.11 Å². The SMILES string of the molecule is C=C(OC)C(O)c1ccc(Cl)cc1. The molecule has 1 aromatic rings. The molecule has 1 rings (SSSR count). The average molecular weight is 199 g/mol. The number of hydrogen-bond acceptors (Lipinski definition) is 2. The standard InChI is InChI=1S/C10H11ClO2/c1-7(13-2)10(12)8-3-5-9(11)6-4-8/h3-6,10,12H,1H2,2H3. The van der Waals surface area contributed by atoms with Crippen LogP contribution in [0.3, 0.4) is 0 Å². The fourth-order valence-electron chi connectivity index (χ4n) is 0.943. The fraction of sp³-hybridized carbons (Fsp3) is 0.200. The van der Waals surface area contributed by atoms with E-state index in [-0.39, 0.29) is 0 Å². The molecule has 2 nitrogen and oxygen atoms in total. The first-order chi connectivity index (χ1) is 6.15. The van der Waals surface area contributed by atoms with Crippen molar-refractivity contribution >= 4 is 11.6 Å². The van der Waals surface area contributed by atoms with Crippen LogP contribution < -0.4 is 0 Å². The Morgan fingerprint density at radius 3 is 2.46 bits per heavy atom. The molecule has 0 heterocycles. The third-order valence-electron chi connectivity index (χ3n) is 1.75. The summed E-state index contributed by atoms with van der Waals surface area (Å²) in [5.41, 5.74) is 0.719. The van der Waals surface area contributed by atoms with Crippen molar-refractivity contribution in [2.24, 2.45) is 0 Å². The van der Waals surface area contributed by atoms with Gasteiger partial charge in [0.15, 0.2) is 0 Å². The molecule has 1 N–H and O–H groups in total. The van der Waals surface area contributed by atoms with Gasteiger partial charge in [-0.2, -0.15) is 0 Å². The lowest BCUT2D eigenvalue weighted by Gasteiger charge is -2.12. The van der Waals surface area contributed by atoms with Crippen molar-refractivity contribution in [1.29, 1.82) is 0 Å². The van der Waals surface area contributed by atoms with Crippen molar-refractivity contribution in [3.63, 3.8) is 0 Å². The van der Waals surface area contributed by atoms with Crippen LogP contribution in [-0.4, -0.2) is 12.2 Å². The predicted octanol–water partition coefficient (Wildman–Crippen LogP) is 2.53. The highest BCUT2D eigenvalue weighted by molar-refractivity contribution is 6.30. The van der Waals surface area contributed by atoms with Gasteiger partial charge in [-0.15, -0.1) is 0 Å². The van der Waals surface area contributed by atoms with Crippen LogP contribution in [0.25, 0.3) is 0 Å². The molecular weight excluding hydrogens is 188 g/mol. The lowest BCUT2D eigenvalue weighted by molar-refractivity contribution is 0.130. The summed E-state index contributed by atoms with van der Waals surface area (Å²) in [5.74, 6) is 0.322. The summed E-state index contributed by atoms with van der Waals surface area (Å²) in [4.78, 5) is 0. The molecule has 0 spiro atoms. The van der Waals surface area contributed by atoms with E-state index in [0.29, 0.717) is 10.8 Å². The van der Waals surface area contributed by atoms with Gasteiger partial charge in [-0.1, -0.05) is 30.3 Å². The van der Waals surface area contributed by atoms with Gasteiger partial charge in [0.1, 0.15) is 11.9 Å². The van der Waals surface area contributed by atoms with E-state index in [1.165, 1.54) is 7.11 Å². The van der Waals surface area contributed by atoms with E-state index in [0.717, 1.165) is 5.56 Å². The zero-order valence-electron chi connectivity index (χ0n) is 7.33. The molecule has 3 heteroatoms. The lowest BCUT2D eigenvalue weighted by atomic mass is 10.1. The summed E-state index contributed by atoms with van der Waals surface area (Å²) >= 11 is 5.69. The highest BCUT2D eigenvalue weighted by Crippen LogP contribution is 2.21. The number of aliphatic hydroxyl groups is 1. The minimum atomic E-state index is -0.790. The molecule has 1 atom stereocenters. The Morgan fingerprint density at radius 1 is 1.46 bits per heavy atom. The Hall–Kier alpha value is -0.990. The van der Waals surface area contributed by atoms with Crippen LogP contribution in [0.5, 0.6) is 0 Å². The van der Waals surface area contributed by atoms with Crippen molar-refractivity contribution in [3.8, 4) is 0 Å². The Morgan fingerprint density at radius 2 is 2.00 bits per heavy atom. The van der Waals surface area contributed by atoms with Gasteiger partial charge in [-0.3, -0.25) is 0 Å². The molecule has 0 fully saturated rings. The van der Waals surface area contributed by atoms with Crippen LogP contribution in [0.2, 0.25) is 5.02 Å². The van der Waals surface area contributed by atoms with E-state index in [1.54, 1.807) is 24.3 Å². The van der Waals surface area contributed by atoms with E-state index >= 15 is 0 Å². The number of benzene rings is 1. The minimum absolute atomic E-state index is 0.322. The zero-order valence-corrected chi connectivity index (χ0v) is 8.08. The van der Waals surface area contributed by atoms with Crippen molar-refractivity contribution in [3.05, 3.63) is 47.2 Å². The van der Waals surface area contributed by atoms with Crippen LogP contribution >= 0.6 is 11.6 Å². The van der Waals surface area contributed by atoms with Gasteiger partial charge in [-0.05, 0) is 17.7 Å². The average Bonchev–Trinajstić information content (AvgIpc) is 2.17. The monoisotopic (exact) mass is 198 g/mol. The molecule has 70 valence electrons. The molecule has 13 heavy (non-hydrogen) atoms. The summed E-state index contributed by atoms with van der Waals surface area (Å²) in [6.45, 7) is 3.57. The summed E-state index contributed by atoms with van der Waals surface area (Å²) in [6.07, 6.45) is -0.790. The topological polar surface area (TPSA) is 29.5 Å². The highest BCUT2D eigenvalue weighted by Gasteiger charge is 2.10. The lowest BCUT2D eigenvalue weighted by Crippen LogP contribution is -2.01. The van der Waals surface area contributed by atoms with Gasteiger partial charge in [0.05, 0.1) is 7.11 Å². The normalized spacial score (nSPS) is 12.2. The molecule has 0 amide bonds. The number of rotatable bonds is 3. The molecule has 0 saturated carbocycles. The third kappa shape index (κ3) is 2.47. The maximum absolute atomic E-state index is 9.61. The number of ether oxygens (including phenoxy) is 1. The molecule has 0 aliphatic carbocycles. The first-order valence-electron chi connectivity index (χ1n) is 3.81. The Labute approximate surface area is 82.4 Å². The molecule has 0 aliphatic rings. The van der Waals surface area contributed by atoms with Crippen LogP contribution in [0.15, 0.2) is 36.6 Å². The van der Waals surface area contributed by atoms with E-state index in [1.807, 2.05) is 0 Å². The first-order valence-corrected chi connectivity index (χ1v) is 4.19. The van der Waals surface area contributed by atoms with Gasteiger partial charge in [0, 0.05) is 5.02 Å². The maximum atomic E-state index is 9.61. The molecule has 1 unspecified atom stereocenters. The molecular formula is C10H11ClO2. The largest absolute Gasteiger partial charge is 0.499 e. The van der Waals surface area contributed by atoms with Gasteiger partial charge < -0.3 is 9.84 Å². The minimum Gasteiger partial charge on any atom is -0.499 e. The van der Waals surface area contributed by atoms with Crippen molar-refractivity contribution in [1.82, 2.24) is 0 Å². The van der Waals surface area contributed by atoms with Gasteiger partial charge in [0.2, 0.25) is 0 Å². The van der Waals surface area contributed by atoms with Crippen LogP contribution in [0.1, 0.15) is 11.7 Å². The van der Waals surface area contributed by atoms with Crippen LogP contribution in [-0.2, 0) is 4.74 Å². The molecule has 0 bridgehead atoms. The predicted molar refractivity (Wildman–Crippen MR) is 52.6 cm³/mol. The first kappa shape index (κ1) is 10.1. The van der Waals surface area contributed by atoms with E-state index in [2.05, 4.69) is 6.58 Å². The van der Waals surface area contributed by atoms with Crippen LogP contribution in [0, 0.1) is 0 Å². The molecule has 1 aromatic carbocycles. The summed E-state index contributed by atoms with van der Waals surface area (Å²) in [5, 5.41) is 10.3. The smallest absolute Gasteiger partial charge is 0.135 e. The fourth-order valence-corrected chi connectivity index (χ4v) is 1.07. The second-order valence-electron chi connectivity index (χ2n) is 2.62.